The third-order valence-electron chi connectivity index (χ3n) is 2.63. The van der Waals surface area contributed by atoms with E-state index in [1.807, 2.05) is 0 Å². The summed E-state index contributed by atoms with van der Waals surface area (Å²) in [6, 6.07) is 0. The number of fused-ring (bicyclic) bond motifs is 2. The molecule has 0 aliphatic heterocycles. The Morgan fingerprint density at radius 2 is 2.00 bits per heavy atom. The molecule has 2 bridgehead atoms. The van der Waals surface area contributed by atoms with Gasteiger partial charge in [0, 0.05) is 12.3 Å². The van der Waals surface area contributed by atoms with Gasteiger partial charge in [-0.25, -0.2) is 0 Å². The van der Waals surface area contributed by atoms with Crippen LogP contribution in [-0.4, -0.2) is 11.6 Å². The van der Waals surface area contributed by atoms with E-state index in [2.05, 4.69) is 0 Å². The Bertz CT molecular complexity index is 195. The zero-order chi connectivity index (χ0) is 7.14. The maximum atomic E-state index is 11.2. The minimum absolute atomic E-state index is 0.117. The fourth-order valence-corrected chi connectivity index (χ4v) is 2.04. The molecule has 0 heterocycles. The molecule has 0 aromatic rings. The molecular formula is C8H10O2. The minimum atomic E-state index is -0.182. The maximum absolute atomic E-state index is 11.2. The molecular weight excluding hydrogens is 128 g/mol. The Hall–Kier alpha value is -0.660. The van der Waals surface area contributed by atoms with E-state index in [-0.39, 0.29) is 23.4 Å². The second kappa shape index (κ2) is 1.91. The molecule has 2 saturated carbocycles. The molecule has 2 unspecified atom stereocenters. The fraction of sp³-hybridized carbons (Fsp3) is 0.750. The average Bonchev–Trinajstić information content (AvgIpc) is 2.16. The molecule has 0 aromatic carbocycles. The van der Waals surface area contributed by atoms with Gasteiger partial charge in [0.2, 0.25) is 0 Å². The van der Waals surface area contributed by atoms with Crippen molar-refractivity contribution in [1.29, 1.82) is 0 Å². The number of hydrogen-bond acceptors (Lipinski definition) is 2. The molecule has 2 aliphatic rings. The normalized spacial score (nSPS) is 38.8. The fourth-order valence-electron chi connectivity index (χ4n) is 2.04. The van der Waals surface area contributed by atoms with E-state index < -0.39 is 0 Å². The van der Waals surface area contributed by atoms with Crippen LogP contribution >= 0.6 is 0 Å². The van der Waals surface area contributed by atoms with Gasteiger partial charge in [-0.1, -0.05) is 6.42 Å². The molecule has 54 valence electrons. The van der Waals surface area contributed by atoms with Gasteiger partial charge in [-0.2, -0.15) is 0 Å². The summed E-state index contributed by atoms with van der Waals surface area (Å²) >= 11 is 0. The Balaban J connectivity index is 2.30. The number of ketones is 2. The molecule has 10 heavy (non-hydrogen) atoms. The van der Waals surface area contributed by atoms with Crippen molar-refractivity contribution in [2.24, 2.45) is 11.8 Å². The molecule has 0 saturated heterocycles. The smallest absolute Gasteiger partial charge is 0.146 e. The van der Waals surface area contributed by atoms with Crippen LogP contribution in [0.15, 0.2) is 0 Å². The van der Waals surface area contributed by atoms with Gasteiger partial charge in [-0.05, 0) is 12.8 Å². The Morgan fingerprint density at radius 3 is 2.60 bits per heavy atom. The van der Waals surface area contributed by atoms with E-state index in [0.717, 1.165) is 19.3 Å². The first-order valence-electron chi connectivity index (χ1n) is 3.85. The molecule has 0 aromatic heterocycles. The molecule has 2 atom stereocenters. The zero-order valence-electron chi connectivity index (χ0n) is 5.80. The maximum Gasteiger partial charge on any atom is 0.146 e. The molecule has 2 rings (SSSR count). The minimum Gasteiger partial charge on any atom is -0.299 e. The predicted molar refractivity (Wildman–Crippen MR) is 35.5 cm³/mol. The standard InChI is InChI=1S/C8H10O2/c9-7-4-5-2-1-3-6(7)8(5)10/h5-6H,1-4H2. The largest absolute Gasteiger partial charge is 0.299 e. The first-order chi connectivity index (χ1) is 4.79. The summed E-state index contributed by atoms with van der Waals surface area (Å²) in [5, 5.41) is 0. The highest BCUT2D eigenvalue weighted by Crippen LogP contribution is 2.36. The number of hydrogen-bond donors (Lipinski definition) is 0. The lowest BCUT2D eigenvalue weighted by Crippen LogP contribution is -2.21. The van der Waals surface area contributed by atoms with Crippen LogP contribution < -0.4 is 0 Å². The highest BCUT2D eigenvalue weighted by molar-refractivity contribution is 6.10. The lowest BCUT2D eigenvalue weighted by Gasteiger charge is -2.14. The van der Waals surface area contributed by atoms with Gasteiger partial charge < -0.3 is 0 Å². The summed E-state index contributed by atoms with van der Waals surface area (Å²) < 4.78 is 0. The van der Waals surface area contributed by atoms with Gasteiger partial charge >= 0.3 is 0 Å². The summed E-state index contributed by atoms with van der Waals surface area (Å²) in [4.78, 5) is 22.2. The van der Waals surface area contributed by atoms with Crippen LogP contribution in [0, 0.1) is 11.8 Å². The number of carbonyl (C=O) groups is 2. The number of rotatable bonds is 0. The molecule has 2 aliphatic carbocycles. The summed E-state index contributed by atoms with van der Waals surface area (Å²) in [5.74, 6) is 0.369. The summed E-state index contributed by atoms with van der Waals surface area (Å²) in [7, 11) is 0. The van der Waals surface area contributed by atoms with Crippen molar-refractivity contribution in [2.45, 2.75) is 25.7 Å². The Labute approximate surface area is 59.6 Å². The van der Waals surface area contributed by atoms with Crippen LogP contribution in [0.3, 0.4) is 0 Å². The highest BCUT2D eigenvalue weighted by Gasteiger charge is 2.43. The van der Waals surface area contributed by atoms with Gasteiger partial charge in [0.25, 0.3) is 0 Å². The van der Waals surface area contributed by atoms with Crippen LogP contribution in [0.4, 0.5) is 0 Å². The SMILES string of the molecule is O=C1CC2CCCC1C2=O. The molecule has 2 nitrogen and oxygen atoms in total. The topological polar surface area (TPSA) is 34.1 Å². The van der Waals surface area contributed by atoms with E-state index in [4.69, 9.17) is 0 Å². The second-order valence-corrected chi connectivity index (χ2v) is 3.25. The van der Waals surface area contributed by atoms with Gasteiger partial charge in [-0.15, -0.1) is 0 Å². The predicted octanol–water partition coefficient (Wildman–Crippen LogP) is 0.945. The van der Waals surface area contributed by atoms with Crippen molar-refractivity contribution in [2.75, 3.05) is 0 Å². The van der Waals surface area contributed by atoms with Gasteiger partial charge in [0.15, 0.2) is 0 Å². The zero-order valence-corrected chi connectivity index (χ0v) is 5.80. The van der Waals surface area contributed by atoms with E-state index in [1.54, 1.807) is 0 Å². The highest BCUT2D eigenvalue weighted by atomic mass is 16.2. The summed E-state index contributed by atoms with van der Waals surface area (Å²) in [6.07, 6.45) is 3.41. The van der Waals surface area contributed by atoms with Crippen molar-refractivity contribution in [1.82, 2.24) is 0 Å². The average molecular weight is 138 g/mol. The van der Waals surface area contributed by atoms with Crippen LogP contribution in [-0.2, 0) is 9.59 Å². The van der Waals surface area contributed by atoms with Gasteiger partial charge in [0.1, 0.15) is 11.6 Å². The summed E-state index contributed by atoms with van der Waals surface area (Å²) in [5.41, 5.74) is 0. The first-order valence-corrected chi connectivity index (χ1v) is 3.85. The third-order valence-corrected chi connectivity index (χ3v) is 2.63. The van der Waals surface area contributed by atoms with Crippen molar-refractivity contribution >= 4 is 11.6 Å². The van der Waals surface area contributed by atoms with Crippen molar-refractivity contribution in [3.63, 3.8) is 0 Å². The molecule has 0 radical (unpaired) electrons. The van der Waals surface area contributed by atoms with Crippen LogP contribution in [0.5, 0.6) is 0 Å². The number of Topliss-reactive ketones (excluding diaryl/α,β-unsaturated/α-hetero) is 2. The van der Waals surface area contributed by atoms with Gasteiger partial charge in [-0.3, -0.25) is 9.59 Å². The first kappa shape index (κ1) is 6.08. The third kappa shape index (κ3) is 0.648. The van der Waals surface area contributed by atoms with Crippen molar-refractivity contribution < 1.29 is 9.59 Å². The van der Waals surface area contributed by atoms with E-state index in [9.17, 15) is 9.59 Å². The van der Waals surface area contributed by atoms with E-state index >= 15 is 0 Å². The molecule has 2 fully saturated rings. The van der Waals surface area contributed by atoms with Crippen LogP contribution in [0.1, 0.15) is 25.7 Å². The van der Waals surface area contributed by atoms with Crippen molar-refractivity contribution in [3.8, 4) is 0 Å². The Kier molecular flexibility index (Phi) is 1.16. The lowest BCUT2D eigenvalue weighted by molar-refractivity contribution is -0.129. The molecule has 0 spiro atoms. The summed E-state index contributed by atoms with van der Waals surface area (Å²) in [6.45, 7) is 0. The molecule has 2 heteroatoms. The second-order valence-electron chi connectivity index (χ2n) is 3.25. The monoisotopic (exact) mass is 138 g/mol. The van der Waals surface area contributed by atoms with E-state index in [1.165, 1.54) is 0 Å². The molecule has 0 amide bonds. The van der Waals surface area contributed by atoms with Crippen LogP contribution in [0.25, 0.3) is 0 Å². The Morgan fingerprint density at radius 1 is 1.20 bits per heavy atom. The lowest BCUT2D eigenvalue weighted by atomic mass is 9.88. The molecule has 0 N–H and O–H groups in total. The van der Waals surface area contributed by atoms with E-state index in [0.29, 0.717) is 6.42 Å². The van der Waals surface area contributed by atoms with Crippen LogP contribution in [0.2, 0.25) is 0 Å². The van der Waals surface area contributed by atoms with Gasteiger partial charge in [0.05, 0.1) is 5.92 Å². The quantitative estimate of drug-likeness (QED) is 0.467. The number of carbonyl (C=O) groups excluding carboxylic acids is 2. The van der Waals surface area contributed by atoms with Crippen molar-refractivity contribution in [3.05, 3.63) is 0 Å².